The normalized spacial score (nSPS) is 11.2. The average molecular weight is 244 g/mol. The Bertz CT molecular complexity index is 424. The van der Waals surface area contributed by atoms with Gasteiger partial charge in [0, 0.05) is 0 Å². The van der Waals surface area contributed by atoms with E-state index in [-0.39, 0.29) is 22.0 Å². The van der Waals surface area contributed by atoms with Gasteiger partial charge in [0.15, 0.2) is 5.75 Å². The van der Waals surface area contributed by atoms with E-state index in [0.717, 1.165) is 0 Å². The minimum absolute atomic E-state index is 0.0678. The van der Waals surface area contributed by atoms with Gasteiger partial charge in [-0.3, -0.25) is 0 Å². The van der Waals surface area contributed by atoms with E-state index in [4.69, 9.17) is 22.1 Å². The van der Waals surface area contributed by atoms with Gasteiger partial charge in [0.25, 0.3) is 0 Å². The van der Waals surface area contributed by atoms with Crippen LogP contribution in [0.5, 0.6) is 5.75 Å². The zero-order chi connectivity index (χ0) is 12.5. The Balaban J connectivity index is 3.06. The van der Waals surface area contributed by atoms with Crippen molar-refractivity contribution in [3.8, 4) is 5.75 Å². The average Bonchev–Trinajstić information content (AvgIpc) is 2.11. The number of carbonyl (C=O) groups is 1. The molecule has 4 nitrogen and oxygen atoms in total. The molecule has 0 aliphatic rings. The van der Waals surface area contributed by atoms with Crippen molar-refractivity contribution in [2.24, 2.45) is 0 Å². The molecule has 1 aromatic carbocycles. The largest absolute Gasteiger partial charge is 0.504 e. The Labute approximate surface area is 99.0 Å². The number of hydrogen-bond acceptors (Lipinski definition) is 4. The van der Waals surface area contributed by atoms with Gasteiger partial charge in [-0.25, -0.2) is 4.79 Å². The van der Waals surface area contributed by atoms with E-state index in [2.05, 4.69) is 0 Å². The van der Waals surface area contributed by atoms with Crippen LogP contribution >= 0.6 is 11.6 Å². The third-order valence-corrected chi connectivity index (χ3v) is 2.09. The van der Waals surface area contributed by atoms with Crippen molar-refractivity contribution in [1.82, 2.24) is 0 Å². The Kier molecular flexibility index (Phi) is 3.33. The van der Waals surface area contributed by atoms with E-state index in [1.165, 1.54) is 12.1 Å². The summed E-state index contributed by atoms with van der Waals surface area (Å²) in [7, 11) is 0. The Morgan fingerprint density at radius 3 is 2.50 bits per heavy atom. The first kappa shape index (κ1) is 12.6. The monoisotopic (exact) mass is 243 g/mol. The first-order valence-electron chi connectivity index (χ1n) is 4.72. The maximum atomic E-state index is 11.7. The molecule has 5 heteroatoms. The number of benzene rings is 1. The molecule has 0 radical (unpaired) electrons. The minimum Gasteiger partial charge on any atom is -0.504 e. The molecule has 0 aromatic heterocycles. The second kappa shape index (κ2) is 4.22. The summed E-state index contributed by atoms with van der Waals surface area (Å²) in [6.45, 7) is 5.24. The molecule has 1 rings (SSSR count). The molecule has 0 spiro atoms. The first-order chi connectivity index (χ1) is 7.22. The third kappa shape index (κ3) is 2.79. The van der Waals surface area contributed by atoms with Crippen LogP contribution in [0.4, 0.5) is 5.69 Å². The van der Waals surface area contributed by atoms with Crippen molar-refractivity contribution in [2.75, 3.05) is 5.73 Å². The summed E-state index contributed by atoms with van der Waals surface area (Å²) < 4.78 is 5.13. The summed E-state index contributed by atoms with van der Waals surface area (Å²) in [6.07, 6.45) is 0. The second-order valence-corrected chi connectivity index (χ2v) is 4.77. The zero-order valence-electron chi connectivity index (χ0n) is 9.37. The van der Waals surface area contributed by atoms with Crippen molar-refractivity contribution < 1.29 is 14.6 Å². The molecule has 0 aliphatic carbocycles. The summed E-state index contributed by atoms with van der Waals surface area (Å²) in [6, 6.07) is 2.82. The van der Waals surface area contributed by atoms with Gasteiger partial charge >= 0.3 is 5.97 Å². The highest BCUT2D eigenvalue weighted by molar-refractivity contribution is 6.32. The van der Waals surface area contributed by atoms with Crippen LogP contribution in [0.25, 0.3) is 0 Å². The van der Waals surface area contributed by atoms with Gasteiger partial charge in [-0.05, 0) is 32.9 Å². The van der Waals surface area contributed by atoms with Crippen LogP contribution in [-0.2, 0) is 4.74 Å². The molecule has 0 aliphatic heterocycles. The highest BCUT2D eigenvalue weighted by Crippen LogP contribution is 2.33. The number of phenols is 1. The topological polar surface area (TPSA) is 72.5 Å². The summed E-state index contributed by atoms with van der Waals surface area (Å²) >= 11 is 5.64. The first-order valence-corrected chi connectivity index (χ1v) is 5.10. The van der Waals surface area contributed by atoms with Crippen molar-refractivity contribution in [2.45, 2.75) is 26.4 Å². The molecule has 0 bridgehead atoms. The number of phenolic OH excluding ortho intramolecular Hbond substituents is 1. The molecule has 0 saturated carbocycles. The summed E-state index contributed by atoms with van der Waals surface area (Å²) in [4.78, 5) is 11.7. The van der Waals surface area contributed by atoms with Gasteiger partial charge in [0.2, 0.25) is 0 Å². The van der Waals surface area contributed by atoms with Crippen LogP contribution in [-0.4, -0.2) is 16.7 Å². The fourth-order valence-corrected chi connectivity index (χ4v) is 1.26. The molecule has 3 N–H and O–H groups in total. The lowest BCUT2D eigenvalue weighted by molar-refractivity contribution is 0.00705. The smallest absolute Gasteiger partial charge is 0.340 e. The minimum atomic E-state index is -0.612. The predicted octanol–water partition coefficient (Wildman–Crippen LogP) is 2.58. The molecular weight excluding hydrogens is 230 g/mol. The second-order valence-electron chi connectivity index (χ2n) is 4.36. The molecule has 0 fully saturated rings. The molecular formula is C11H14ClNO3. The van der Waals surface area contributed by atoms with Crippen LogP contribution in [0.2, 0.25) is 5.02 Å². The lowest BCUT2D eigenvalue weighted by Gasteiger charge is -2.20. The molecule has 0 heterocycles. The van der Waals surface area contributed by atoms with Crippen LogP contribution in [0.3, 0.4) is 0 Å². The number of esters is 1. The van der Waals surface area contributed by atoms with Crippen LogP contribution < -0.4 is 5.73 Å². The number of anilines is 1. The lowest BCUT2D eigenvalue weighted by Crippen LogP contribution is -2.24. The molecule has 0 unspecified atom stereocenters. The number of carbonyl (C=O) groups excluding carboxylic acids is 1. The zero-order valence-corrected chi connectivity index (χ0v) is 10.1. The summed E-state index contributed by atoms with van der Waals surface area (Å²) in [5.41, 5.74) is 5.00. The number of nitrogen functional groups attached to an aromatic ring is 1. The molecule has 0 amide bonds. The number of halogens is 1. The Morgan fingerprint density at radius 1 is 1.44 bits per heavy atom. The fraction of sp³-hybridized carbons (Fsp3) is 0.364. The fourth-order valence-electron chi connectivity index (χ4n) is 1.09. The lowest BCUT2D eigenvalue weighted by atomic mass is 10.1. The van der Waals surface area contributed by atoms with Gasteiger partial charge in [0.1, 0.15) is 5.60 Å². The van der Waals surface area contributed by atoms with Gasteiger partial charge in [0.05, 0.1) is 16.3 Å². The highest BCUT2D eigenvalue weighted by atomic mass is 35.5. The molecule has 0 saturated heterocycles. The standard InChI is InChI=1S/C11H14ClNO3/c1-11(2,3)16-10(15)6-4-5-7(12)9(14)8(6)13/h4-5,14H,13H2,1-3H3. The number of nitrogens with two attached hydrogens (primary N) is 1. The van der Waals surface area contributed by atoms with E-state index in [1.54, 1.807) is 20.8 Å². The number of rotatable bonds is 1. The number of ether oxygens (including phenoxy) is 1. The van der Waals surface area contributed by atoms with Crippen LogP contribution in [0, 0.1) is 0 Å². The van der Waals surface area contributed by atoms with E-state index in [9.17, 15) is 9.90 Å². The quantitative estimate of drug-likeness (QED) is 0.452. The van der Waals surface area contributed by atoms with Gasteiger partial charge < -0.3 is 15.6 Å². The van der Waals surface area contributed by atoms with Crippen molar-refractivity contribution >= 4 is 23.3 Å². The van der Waals surface area contributed by atoms with Crippen LogP contribution in [0.15, 0.2) is 12.1 Å². The van der Waals surface area contributed by atoms with Gasteiger partial charge in [-0.1, -0.05) is 11.6 Å². The number of hydrogen-bond donors (Lipinski definition) is 2. The van der Waals surface area contributed by atoms with Crippen LogP contribution in [0.1, 0.15) is 31.1 Å². The summed E-state index contributed by atoms with van der Waals surface area (Å²) in [5, 5.41) is 9.57. The Morgan fingerprint density at radius 2 is 2.00 bits per heavy atom. The van der Waals surface area contributed by atoms with Crippen molar-refractivity contribution in [3.63, 3.8) is 0 Å². The molecule has 16 heavy (non-hydrogen) atoms. The highest BCUT2D eigenvalue weighted by Gasteiger charge is 2.21. The van der Waals surface area contributed by atoms with Gasteiger partial charge in [-0.2, -0.15) is 0 Å². The number of aromatic hydroxyl groups is 1. The molecule has 0 atom stereocenters. The van der Waals surface area contributed by atoms with Crippen molar-refractivity contribution in [1.29, 1.82) is 0 Å². The van der Waals surface area contributed by atoms with Crippen molar-refractivity contribution in [3.05, 3.63) is 22.7 Å². The molecule has 1 aromatic rings. The maximum absolute atomic E-state index is 11.7. The third-order valence-electron chi connectivity index (χ3n) is 1.79. The van der Waals surface area contributed by atoms with E-state index < -0.39 is 11.6 Å². The van der Waals surface area contributed by atoms with E-state index in [0.29, 0.717) is 0 Å². The molecule has 88 valence electrons. The van der Waals surface area contributed by atoms with E-state index >= 15 is 0 Å². The SMILES string of the molecule is CC(C)(C)OC(=O)c1ccc(Cl)c(O)c1N. The Hall–Kier alpha value is -1.42. The van der Waals surface area contributed by atoms with Gasteiger partial charge in [-0.15, -0.1) is 0 Å². The van der Waals surface area contributed by atoms with E-state index in [1.807, 2.05) is 0 Å². The maximum Gasteiger partial charge on any atom is 0.340 e. The predicted molar refractivity (Wildman–Crippen MR) is 62.7 cm³/mol. The summed E-state index contributed by atoms with van der Waals surface area (Å²) in [5.74, 6) is -0.887.